The average molecular weight is 372 g/mol. The van der Waals surface area contributed by atoms with Crippen LogP contribution in [0.25, 0.3) is 21.7 Å². The molecule has 1 aliphatic rings. The maximum atomic E-state index is 5.58. The summed E-state index contributed by atoms with van der Waals surface area (Å²) in [5.74, 6) is 1.80. The Kier molecular flexibility index (Phi) is 4.54. The molecule has 2 aromatic heterocycles. The van der Waals surface area contributed by atoms with Crippen LogP contribution in [-0.4, -0.2) is 52.7 Å². The van der Waals surface area contributed by atoms with Gasteiger partial charge < -0.3 is 14.4 Å². The molecule has 25 heavy (non-hydrogen) atoms. The first kappa shape index (κ1) is 16.6. The molecule has 130 valence electrons. The molecule has 0 N–H and O–H groups in total. The zero-order valence-corrected chi connectivity index (χ0v) is 16.1. The Hall–Kier alpha value is -1.83. The first-order valence-corrected chi connectivity index (χ1v) is 9.80. The lowest BCUT2D eigenvalue weighted by Gasteiger charge is -2.33. The molecule has 0 atom stereocenters. The van der Waals surface area contributed by atoms with Crippen molar-refractivity contribution >= 4 is 39.7 Å². The van der Waals surface area contributed by atoms with E-state index in [-0.39, 0.29) is 0 Å². The van der Waals surface area contributed by atoms with Gasteiger partial charge in [0.25, 0.3) is 0 Å². The monoisotopic (exact) mass is 371 g/mol. The third-order valence-corrected chi connectivity index (χ3v) is 6.08. The van der Waals surface area contributed by atoms with Crippen molar-refractivity contribution in [3.05, 3.63) is 34.3 Å². The van der Waals surface area contributed by atoms with E-state index in [4.69, 9.17) is 22.2 Å². The average Bonchev–Trinajstić information content (AvgIpc) is 2.97. The topological polar surface area (TPSA) is 37.2 Å². The molecular formula is C18H21N5S2. The molecule has 0 unspecified atom stereocenters. The van der Waals surface area contributed by atoms with Crippen molar-refractivity contribution in [3.8, 4) is 11.4 Å². The summed E-state index contributed by atoms with van der Waals surface area (Å²) >= 11 is 7.20. The van der Waals surface area contributed by atoms with Gasteiger partial charge in [0, 0.05) is 38.3 Å². The van der Waals surface area contributed by atoms with Gasteiger partial charge in [-0.05, 0) is 26.2 Å². The van der Waals surface area contributed by atoms with Crippen molar-refractivity contribution < 1.29 is 0 Å². The summed E-state index contributed by atoms with van der Waals surface area (Å²) in [6, 6.07) is 10.2. The van der Waals surface area contributed by atoms with Gasteiger partial charge in [0.15, 0.2) is 21.2 Å². The maximum Gasteiger partial charge on any atom is 0.164 e. The summed E-state index contributed by atoms with van der Waals surface area (Å²) in [5, 5.41) is 0. The Bertz CT molecular complexity index is 939. The second-order valence-corrected chi connectivity index (χ2v) is 7.94. The molecule has 3 aromatic rings. The zero-order valence-electron chi connectivity index (χ0n) is 14.5. The number of thiazole rings is 1. The molecular weight excluding hydrogens is 350 g/mol. The van der Waals surface area contributed by atoms with Crippen LogP contribution in [-0.2, 0) is 6.54 Å². The van der Waals surface area contributed by atoms with Crippen LogP contribution in [0.5, 0.6) is 0 Å². The number of anilines is 1. The lowest BCUT2D eigenvalue weighted by molar-refractivity contribution is 0.312. The van der Waals surface area contributed by atoms with E-state index < -0.39 is 0 Å². The van der Waals surface area contributed by atoms with Gasteiger partial charge in [0.05, 0.1) is 0 Å². The van der Waals surface area contributed by atoms with E-state index >= 15 is 0 Å². The highest BCUT2D eigenvalue weighted by Crippen LogP contribution is 2.33. The van der Waals surface area contributed by atoms with E-state index in [0.29, 0.717) is 0 Å². The molecule has 0 saturated carbocycles. The van der Waals surface area contributed by atoms with E-state index in [9.17, 15) is 0 Å². The van der Waals surface area contributed by atoms with Gasteiger partial charge in [-0.2, -0.15) is 0 Å². The van der Waals surface area contributed by atoms with Crippen molar-refractivity contribution in [3.63, 3.8) is 0 Å². The van der Waals surface area contributed by atoms with Gasteiger partial charge in [-0.15, -0.1) is 0 Å². The molecule has 1 fully saturated rings. The summed E-state index contributed by atoms with van der Waals surface area (Å²) in [6.07, 6.45) is 0. The fraction of sp³-hybridized carbons (Fsp3) is 0.389. The highest BCUT2D eigenvalue weighted by atomic mass is 32.1. The lowest BCUT2D eigenvalue weighted by atomic mass is 10.2. The van der Waals surface area contributed by atoms with Gasteiger partial charge in [-0.1, -0.05) is 41.7 Å². The van der Waals surface area contributed by atoms with Gasteiger partial charge in [0.1, 0.15) is 4.70 Å². The van der Waals surface area contributed by atoms with Crippen LogP contribution < -0.4 is 4.90 Å². The second-order valence-electron chi connectivity index (χ2n) is 6.29. The van der Waals surface area contributed by atoms with Crippen molar-refractivity contribution in [2.75, 3.05) is 38.1 Å². The number of aromatic nitrogens is 3. The number of nitrogens with zero attached hydrogens (tertiary/aromatic N) is 5. The molecule has 7 heteroatoms. The molecule has 0 aliphatic carbocycles. The van der Waals surface area contributed by atoms with E-state index in [2.05, 4.69) is 40.5 Å². The van der Waals surface area contributed by atoms with Crippen LogP contribution in [0.15, 0.2) is 30.3 Å². The normalized spacial score (nSPS) is 15.8. The van der Waals surface area contributed by atoms with Gasteiger partial charge in [-0.3, -0.25) is 0 Å². The first-order valence-electron chi connectivity index (χ1n) is 8.57. The molecule has 1 saturated heterocycles. The summed E-state index contributed by atoms with van der Waals surface area (Å²) in [5.41, 5.74) is 2.00. The summed E-state index contributed by atoms with van der Waals surface area (Å²) in [7, 11) is 2.17. The third kappa shape index (κ3) is 3.07. The largest absolute Gasteiger partial charge is 0.353 e. The Morgan fingerprint density at radius 3 is 2.48 bits per heavy atom. The number of aryl methyl sites for hydroxylation is 1. The smallest absolute Gasteiger partial charge is 0.164 e. The second kappa shape index (κ2) is 6.82. The predicted molar refractivity (Wildman–Crippen MR) is 107 cm³/mol. The minimum atomic E-state index is 0.775. The standard InChI is InChI=1S/C18H21N5S2/c1-3-23-17-14(25-18(23)24)16(22-11-9-21(2)10-12-22)19-15(20-17)13-7-5-4-6-8-13/h4-8H,3,9-12H2,1-2H3. The van der Waals surface area contributed by atoms with Crippen molar-refractivity contribution in [2.45, 2.75) is 13.5 Å². The van der Waals surface area contributed by atoms with Gasteiger partial charge in [-0.25, -0.2) is 9.97 Å². The van der Waals surface area contributed by atoms with Crippen molar-refractivity contribution in [1.82, 2.24) is 19.4 Å². The van der Waals surface area contributed by atoms with Gasteiger partial charge in [0.2, 0.25) is 0 Å². The Labute approximate surface area is 156 Å². The number of benzene rings is 1. The Morgan fingerprint density at radius 2 is 1.80 bits per heavy atom. The molecule has 0 amide bonds. The molecule has 3 heterocycles. The number of fused-ring (bicyclic) bond motifs is 1. The zero-order chi connectivity index (χ0) is 17.4. The van der Waals surface area contributed by atoms with E-state index in [1.54, 1.807) is 11.3 Å². The lowest BCUT2D eigenvalue weighted by Crippen LogP contribution is -2.44. The van der Waals surface area contributed by atoms with E-state index in [1.165, 1.54) is 0 Å². The van der Waals surface area contributed by atoms with Crippen molar-refractivity contribution in [2.24, 2.45) is 0 Å². The fourth-order valence-electron chi connectivity index (χ4n) is 3.16. The molecule has 0 spiro atoms. The Balaban J connectivity index is 1.92. The van der Waals surface area contributed by atoms with Crippen LogP contribution in [0.2, 0.25) is 0 Å². The van der Waals surface area contributed by atoms with Crippen LogP contribution in [0.3, 0.4) is 0 Å². The van der Waals surface area contributed by atoms with Crippen LogP contribution in [0, 0.1) is 3.95 Å². The predicted octanol–water partition coefficient (Wildman–Crippen LogP) is 3.66. The number of likely N-dealkylation sites (N-methyl/N-ethyl adjacent to an activating group) is 1. The number of hydrogen-bond acceptors (Lipinski definition) is 6. The van der Waals surface area contributed by atoms with Crippen LogP contribution in [0.1, 0.15) is 6.92 Å². The number of piperazine rings is 1. The molecule has 1 aliphatic heterocycles. The van der Waals surface area contributed by atoms with Crippen LogP contribution in [0.4, 0.5) is 5.82 Å². The van der Waals surface area contributed by atoms with Crippen molar-refractivity contribution in [1.29, 1.82) is 0 Å². The Morgan fingerprint density at radius 1 is 1.08 bits per heavy atom. The molecule has 4 rings (SSSR count). The van der Waals surface area contributed by atoms with E-state index in [1.807, 2.05) is 18.2 Å². The van der Waals surface area contributed by atoms with Crippen LogP contribution >= 0.6 is 23.6 Å². The highest BCUT2D eigenvalue weighted by Gasteiger charge is 2.22. The molecule has 0 bridgehead atoms. The highest BCUT2D eigenvalue weighted by molar-refractivity contribution is 7.73. The quantitative estimate of drug-likeness (QED) is 0.657. The minimum absolute atomic E-state index is 0.775. The number of rotatable bonds is 3. The summed E-state index contributed by atoms with van der Waals surface area (Å²) < 4.78 is 4.09. The summed E-state index contributed by atoms with van der Waals surface area (Å²) in [6.45, 7) is 6.99. The van der Waals surface area contributed by atoms with E-state index in [0.717, 1.165) is 64.2 Å². The third-order valence-electron chi connectivity index (χ3n) is 4.65. The van der Waals surface area contributed by atoms with Gasteiger partial charge >= 0.3 is 0 Å². The fourth-order valence-corrected chi connectivity index (χ4v) is 4.64. The number of hydrogen-bond donors (Lipinski definition) is 0. The minimum Gasteiger partial charge on any atom is -0.353 e. The maximum absolute atomic E-state index is 5.58. The first-order chi connectivity index (χ1) is 12.2. The summed E-state index contributed by atoms with van der Waals surface area (Å²) in [4.78, 5) is 14.6. The SMILES string of the molecule is CCn1c(=S)sc2c(N3CCN(C)CC3)nc(-c3ccccc3)nc21. The molecule has 1 aromatic carbocycles. The molecule has 0 radical (unpaired) electrons. The molecule has 5 nitrogen and oxygen atoms in total.